The Morgan fingerprint density at radius 1 is 1.50 bits per heavy atom. The fraction of sp³-hybridized carbons (Fsp3) is 0.308. The van der Waals surface area contributed by atoms with E-state index in [0.29, 0.717) is 10.6 Å². The van der Waals surface area contributed by atoms with E-state index < -0.39 is 0 Å². The average Bonchev–Trinajstić information content (AvgIpc) is 2.81. The van der Waals surface area contributed by atoms with E-state index in [1.165, 1.54) is 6.07 Å². The highest BCUT2D eigenvalue weighted by Gasteiger charge is 2.17. The molecule has 2 rings (SSSR count). The predicted molar refractivity (Wildman–Crippen MR) is 70.2 cm³/mol. The van der Waals surface area contributed by atoms with Crippen molar-refractivity contribution in [3.05, 3.63) is 52.6 Å². The maximum absolute atomic E-state index is 13.9. The summed E-state index contributed by atoms with van der Waals surface area (Å²) in [6, 6.07) is 4.49. The zero-order chi connectivity index (χ0) is 13.1. The van der Waals surface area contributed by atoms with Crippen molar-refractivity contribution >= 4 is 11.6 Å². The van der Waals surface area contributed by atoms with E-state index in [0.717, 1.165) is 12.1 Å². The molecule has 2 aromatic rings. The van der Waals surface area contributed by atoms with Gasteiger partial charge in [0.15, 0.2) is 0 Å². The largest absolute Gasteiger partial charge is 0.309 e. The molecule has 1 unspecified atom stereocenters. The Hall–Kier alpha value is -1.39. The topological polar surface area (TPSA) is 29.9 Å². The van der Waals surface area contributed by atoms with E-state index in [9.17, 15) is 4.39 Å². The molecule has 1 aromatic heterocycles. The second-order valence-corrected chi connectivity index (χ2v) is 4.45. The first-order valence-electron chi connectivity index (χ1n) is 5.80. The normalized spacial score (nSPS) is 12.7. The second kappa shape index (κ2) is 5.50. The smallest absolute Gasteiger partial charge is 0.129 e. The summed E-state index contributed by atoms with van der Waals surface area (Å²) in [4.78, 5) is 0. The molecule has 1 atom stereocenters. The molecule has 0 fully saturated rings. The number of aromatic nitrogens is 2. The zero-order valence-electron chi connectivity index (χ0n) is 10.3. The maximum Gasteiger partial charge on any atom is 0.129 e. The Morgan fingerprint density at radius 3 is 2.83 bits per heavy atom. The Morgan fingerprint density at radius 2 is 2.28 bits per heavy atom. The average molecular weight is 268 g/mol. The van der Waals surface area contributed by atoms with Crippen LogP contribution in [-0.4, -0.2) is 16.8 Å². The van der Waals surface area contributed by atoms with Crippen molar-refractivity contribution in [3.63, 3.8) is 0 Å². The van der Waals surface area contributed by atoms with Crippen LogP contribution < -0.4 is 5.32 Å². The van der Waals surface area contributed by atoms with Gasteiger partial charge in [-0.3, -0.25) is 4.68 Å². The van der Waals surface area contributed by atoms with Gasteiger partial charge in [-0.25, -0.2) is 4.39 Å². The van der Waals surface area contributed by atoms with Crippen LogP contribution in [0.2, 0.25) is 5.02 Å². The summed E-state index contributed by atoms with van der Waals surface area (Å²) in [5.74, 6) is -0.314. The molecule has 1 N–H and O–H groups in total. The van der Waals surface area contributed by atoms with Gasteiger partial charge in [-0.1, -0.05) is 17.7 Å². The predicted octanol–water partition coefficient (Wildman–Crippen LogP) is 3.00. The van der Waals surface area contributed by atoms with Crippen LogP contribution in [-0.2, 0) is 6.54 Å². The molecule has 3 nitrogen and oxygen atoms in total. The molecule has 0 saturated heterocycles. The Labute approximate surface area is 111 Å². The fourth-order valence-electron chi connectivity index (χ4n) is 1.94. The lowest BCUT2D eigenvalue weighted by Gasteiger charge is -2.15. The molecule has 1 heterocycles. The minimum Gasteiger partial charge on any atom is -0.309 e. The van der Waals surface area contributed by atoms with Gasteiger partial charge in [0, 0.05) is 28.9 Å². The highest BCUT2D eigenvalue weighted by atomic mass is 35.5. The molecule has 1 aromatic carbocycles. The van der Waals surface area contributed by atoms with Crippen molar-refractivity contribution in [1.29, 1.82) is 0 Å². The summed E-state index contributed by atoms with van der Waals surface area (Å²) in [6.45, 7) is 2.80. The van der Waals surface area contributed by atoms with Gasteiger partial charge in [0.25, 0.3) is 0 Å². The van der Waals surface area contributed by atoms with E-state index in [-0.39, 0.29) is 11.9 Å². The van der Waals surface area contributed by atoms with E-state index in [4.69, 9.17) is 11.6 Å². The number of hydrogen-bond acceptors (Lipinski definition) is 2. The number of nitrogens with one attached hydrogen (secondary N) is 1. The van der Waals surface area contributed by atoms with E-state index >= 15 is 0 Å². The summed E-state index contributed by atoms with van der Waals surface area (Å²) in [5.41, 5.74) is 1.50. The molecule has 0 aliphatic heterocycles. The number of halogens is 2. The Balaban J connectivity index is 2.38. The summed E-state index contributed by atoms with van der Waals surface area (Å²) in [6.07, 6.45) is 3.66. The molecule has 0 aliphatic rings. The number of aryl methyl sites for hydroxylation is 1. The number of nitrogens with zero attached hydrogens (tertiary/aromatic N) is 2. The lowest BCUT2D eigenvalue weighted by molar-refractivity contribution is 0.575. The van der Waals surface area contributed by atoms with Crippen LogP contribution >= 0.6 is 11.6 Å². The fourth-order valence-corrected chi connectivity index (χ4v) is 2.10. The van der Waals surface area contributed by atoms with E-state index in [1.54, 1.807) is 25.4 Å². The second-order valence-electron chi connectivity index (χ2n) is 4.02. The van der Waals surface area contributed by atoms with Crippen LogP contribution in [0.15, 0.2) is 30.6 Å². The molecular formula is C13H15ClFN3. The van der Waals surface area contributed by atoms with Crippen molar-refractivity contribution in [2.75, 3.05) is 7.05 Å². The molecule has 0 radical (unpaired) electrons. The van der Waals surface area contributed by atoms with Crippen LogP contribution in [0.5, 0.6) is 0 Å². The molecule has 5 heteroatoms. The van der Waals surface area contributed by atoms with Crippen molar-refractivity contribution in [3.8, 4) is 0 Å². The van der Waals surface area contributed by atoms with Gasteiger partial charge in [-0.2, -0.15) is 5.10 Å². The first-order chi connectivity index (χ1) is 8.65. The highest BCUT2D eigenvalue weighted by molar-refractivity contribution is 6.30. The standard InChI is InChI=1S/C13H15ClFN3/c1-3-18-8-9(7-17-18)13(16-2)11-5-4-10(14)6-12(11)15/h4-8,13,16H,3H2,1-2H3. The maximum atomic E-state index is 13.9. The molecular weight excluding hydrogens is 253 g/mol. The van der Waals surface area contributed by atoms with Crippen LogP contribution in [0.25, 0.3) is 0 Å². The lowest BCUT2D eigenvalue weighted by atomic mass is 10.0. The van der Waals surface area contributed by atoms with Crippen LogP contribution in [0.1, 0.15) is 24.1 Å². The Bertz CT molecular complexity index is 539. The zero-order valence-corrected chi connectivity index (χ0v) is 11.1. The highest BCUT2D eigenvalue weighted by Crippen LogP contribution is 2.25. The molecule has 18 heavy (non-hydrogen) atoms. The number of hydrogen-bond donors (Lipinski definition) is 1. The van der Waals surface area contributed by atoms with Crippen LogP contribution in [0, 0.1) is 5.82 Å². The summed E-state index contributed by atoms with van der Waals surface area (Å²) >= 11 is 5.76. The van der Waals surface area contributed by atoms with Gasteiger partial charge in [0.2, 0.25) is 0 Å². The van der Waals surface area contributed by atoms with E-state index in [1.807, 2.05) is 17.8 Å². The molecule has 0 bridgehead atoms. The van der Waals surface area contributed by atoms with E-state index in [2.05, 4.69) is 10.4 Å². The van der Waals surface area contributed by atoms with Crippen LogP contribution in [0.4, 0.5) is 4.39 Å². The van der Waals surface area contributed by atoms with Gasteiger partial charge in [0.05, 0.1) is 12.2 Å². The minimum atomic E-state index is -0.314. The van der Waals surface area contributed by atoms with Crippen molar-refractivity contribution in [2.45, 2.75) is 19.5 Å². The molecule has 0 aliphatic carbocycles. The first kappa shape index (κ1) is 13.1. The summed E-state index contributed by atoms with van der Waals surface area (Å²) in [7, 11) is 1.79. The van der Waals surface area contributed by atoms with Gasteiger partial charge in [-0.15, -0.1) is 0 Å². The SMILES string of the molecule is CCn1cc(C(NC)c2ccc(Cl)cc2F)cn1. The monoisotopic (exact) mass is 267 g/mol. The molecule has 0 amide bonds. The number of rotatable bonds is 4. The van der Waals surface area contributed by atoms with Crippen molar-refractivity contribution < 1.29 is 4.39 Å². The molecule has 0 spiro atoms. The number of benzene rings is 1. The Kier molecular flexibility index (Phi) is 3.99. The molecule has 96 valence electrons. The quantitative estimate of drug-likeness (QED) is 0.923. The van der Waals surface area contributed by atoms with Gasteiger partial charge >= 0.3 is 0 Å². The van der Waals surface area contributed by atoms with Crippen molar-refractivity contribution in [1.82, 2.24) is 15.1 Å². The lowest BCUT2D eigenvalue weighted by Crippen LogP contribution is -2.18. The third-order valence-electron chi connectivity index (χ3n) is 2.87. The van der Waals surface area contributed by atoms with Gasteiger partial charge in [-0.05, 0) is 26.1 Å². The van der Waals surface area contributed by atoms with Crippen molar-refractivity contribution in [2.24, 2.45) is 0 Å². The van der Waals surface area contributed by atoms with Gasteiger partial charge < -0.3 is 5.32 Å². The minimum absolute atomic E-state index is 0.220. The third-order valence-corrected chi connectivity index (χ3v) is 3.11. The first-order valence-corrected chi connectivity index (χ1v) is 6.18. The van der Waals surface area contributed by atoms with Gasteiger partial charge in [0.1, 0.15) is 5.82 Å². The van der Waals surface area contributed by atoms with Crippen LogP contribution in [0.3, 0.4) is 0 Å². The summed E-state index contributed by atoms with van der Waals surface area (Å²) in [5, 5.41) is 7.70. The molecule has 0 saturated carbocycles. The third kappa shape index (κ3) is 2.54. The summed E-state index contributed by atoms with van der Waals surface area (Å²) < 4.78 is 15.7.